The number of fused-ring (bicyclic) bond motifs is 3. The smallest absolute Gasteiger partial charge is 0.153 e. The maximum atomic E-state index is 7.12. The molecule has 1 aliphatic rings. The lowest BCUT2D eigenvalue weighted by molar-refractivity contribution is 0.476. The van der Waals surface area contributed by atoms with Crippen LogP contribution in [0.1, 0.15) is 44.9 Å². The van der Waals surface area contributed by atoms with E-state index in [-0.39, 0.29) is 5.92 Å². The molecular formula is C56H45N3O. The van der Waals surface area contributed by atoms with Crippen molar-refractivity contribution >= 4 is 44.9 Å². The Morgan fingerprint density at radius 3 is 1.63 bits per heavy atom. The van der Waals surface area contributed by atoms with Crippen molar-refractivity contribution in [3.05, 3.63) is 233 Å². The Hall–Kier alpha value is -7.43. The molecule has 0 amide bonds. The molecule has 1 aliphatic heterocycles. The molecule has 0 fully saturated rings. The second-order valence-corrected chi connectivity index (χ2v) is 16.0. The van der Waals surface area contributed by atoms with Crippen LogP contribution in [0.3, 0.4) is 0 Å². The number of benzene rings is 8. The van der Waals surface area contributed by atoms with Crippen molar-refractivity contribution in [2.75, 3.05) is 9.80 Å². The monoisotopic (exact) mass is 775 g/mol. The fraction of sp³-hybridized carbons (Fsp3) is 0.0893. The van der Waals surface area contributed by atoms with E-state index in [1.54, 1.807) is 0 Å². The highest BCUT2D eigenvalue weighted by Crippen LogP contribution is 2.53. The van der Waals surface area contributed by atoms with Gasteiger partial charge in [-0.2, -0.15) is 0 Å². The molecule has 4 heteroatoms. The zero-order chi connectivity index (χ0) is 40.7. The van der Waals surface area contributed by atoms with Gasteiger partial charge < -0.3 is 14.5 Å². The van der Waals surface area contributed by atoms with Crippen LogP contribution >= 0.6 is 0 Å². The number of ether oxygens (including phenoxy) is 1. The predicted molar refractivity (Wildman–Crippen MR) is 249 cm³/mol. The molecule has 0 atom stereocenters. The SMILES string of the molecule is Cc1ccc(C(c2ccc(C)cc2)c2ccc3c(c2)Oc2cc(N(c4ccc(C)cc4)c4ccc(C)cc4)ccc2N3c2cccc(-c3nccc4ccccc34)c2)cc1. The van der Waals surface area contributed by atoms with E-state index in [0.29, 0.717) is 0 Å². The van der Waals surface area contributed by atoms with Crippen molar-refractivity contribution < 1.29 is 4.74 Å². The summed E-state index contributed by atoms with van der Waals surface area (Å²) in [7, 11) is 0. The fourth-order valence-electron chi connectivity index (χ4n) is 8.48. The predicted octanol–water partition coefficient (Wildman–Crippen LogP) is 15.4. The maximum absolute atomic E-state index is 7.12. The molecule has 0 spiro atoms. The van der Waals surface area contributed by atoms with Gasteiger partial charge in [0.05, 0.1) is 17.1 Å². The summed E-state index contributed by atoms with van der Waals surface area (Å²) in [5, 5.41) is 2.29. The topological polar surface area (TPSA) is 28.6 Å². The third-order valence-corrected chi connectivity index (χ3v) is 11.7. The summed E-state index contributed by atoms with van der Waals surface area (Å²) in [5.41, 5.74) is 16.7. The molecule has 2 heterocycles. The molecule has 8 aromatic carbocycles. The number of rotatable bonds is 8. The molecule has 1 aromatic heterocycles. The highest BCUT2D eigenvalue weighted by molar-refractivity contribution is 5.96. The second-order valence-electron chi connectivity index (χ2n) is 16.0. The van der Waals surface area contributed by atoms with Crippen LogP contribution in [-0.2, 0) is 0 Å². The number of aryl methyl sites for hydroxylation is 4. The zero-order valence-corrected chi connectivity index (χ0v) is 34.3. The minimum Gasteiger partial charge on any atom is -0.453 e. The van der Waals surface area contributed by atoms with Crippen LogP contribution in [0.15, 0.2) is 194 Å². The van der Waals surface area contributed by atoms with Crippen molar-refractivity contribution in [2.24, 2.45) is 0 Å². The Bertz CT molecular complexity index is 2750. The van der Waals surface area contributed by atoms with E-state index in [1.807, 2.05) is 6.20 Å². The molecule has 0 saturated heterocycles. The molecule has 0 aliphatic carbocycles. The summed E-state index contributed by atoms with van der Waals surface area (Å²) < 4.78 is 7.12. The summed E-state index contributed by atoms with van der Waals surface area (Å²) in [6.07, 6.45) is 1.90. The quantitative estimate of drug-likeness (QED) is 0.144. The maximum Gasteiger partial charge on any atom is 0.153 e. The number of hydrogen-bond acceptors (Lipinski definition) is 4. The zero-order valence-electron chi connectivity index (χ0n) is 34.3. The van der Waals surface area contributed by atoms with E-state index < -0.39 is 0 Å². The van der Waals surface area contributed by atoms with Crippen LogP contribution in [0.4, 0.5) is 34.1 Å². The number of aromatic nitrogens is 1. The van der Waals surface area contributed by atoms with Crippen molar-refractivity contribution in [1.29, 1.82) is 0 Å². The fourth-order valence-corrected chi connectivity index (χ4v) is 8.48. The van der Waals surface area contributed by atoms with E-state index in [2.05, 4.69) is 226 Å². The van der Waals surface area contributed by atoms with Crippen molar-refractivity contribution in [3.8, 4) is 22.8 Å². The lowest BCUT2D eigenvalue weighted by atomic mass is 9.84. The Kier molecular flexibility index (Phi) is 9.46. The van der Waals surface area contributed by atoms with Gasteiger partial charge in [-0.15, -0.1) is 0 Å². The molecule has 60 heavy (non-hydrogen) atoms. The normalized spacial score (nSPS) is 11.9. The Labute approximate surface area is 352 Å². The van der Waals surface area contributed by atoms with Crippen LogP contribution in [0, 0.1) is 27.7 Å². The Balaban J connectivity index is 1.15. The molecule has 0 unspecified atom stereocenters. The third-order valence-electron chi connectivity index (χ3n) is 11.7. The van der Waals surface area contributed by atoms with Gasteiger partial charge in [0.15, 0.2) is 11.5 Å². The van der Waals surface area contributed by atoms with E-state index in [9.17, 15) is 0 Å². The summed E-state index contributed by atoms with van der Waals surface area (Å²) >= 11 is 0. The Morgan fingerprint density at radius 1 is 0.467 bits per heavy atom. The Morgan fingerprint density at radius 2 is 1.00 bits per heavy atom. The summed E-state index contributed by atoms with van der Waals surface area (Å²) in [5.74, 6) is 1.59. The number of pyridine rings is 1. The first kappa shape index (κ1) is 36.9. The molecule has 0 radical (unpaired) electrons. The van der Waals surface area contributed by atoms with Crippen LogP contribution in [0.5, 0.6) is 11.5 Å². The molecule has 0 bridgehead atoms. The van der Waals surface area contributed by atoms with E-state index >= 15 is 0 Å². The van der Waals surface area contributed by atoms with Crippen LogP contribution < -0.4 is 14.5 Å². The number of anilines is 6. The molecular weight excluding hydrogens is 731 g/mol. The first-order chi connectivity index (χ1) is 29.4. The average molecular weight is 776 g/mol. The van der Waals surface area contributed by atoms with Gasteiger partial charge in [0.1, 0.15) is 0 Å². The van der Waals surface area contributed by atoms with E-state index in [4.69, 9.17) is 9.72 Å². The number of hydrogen-bond donors (Lipinski definition) is 0. The third kappa shape index (κ3) is 6.96. The van der Waals surface area contributed by atoms with Gasteiger partial charge in [0.25, 0.3) is 0 Å². The highest BCUT2D eigenvalue weighted by Gasteiger charge is 2.29. The minimum absolute atomic E-state index is 0.0145. The minimum atomic E-state index is 0.0145. The van der Waals surface area contributed by atoms with Gasteiger partial charge in [0.2, 0.25) is 0 Å². The first-order valence-electron chi connectivity index (χ1n) is 20.6. The van der Waals surface area contributed by atoms with Gasteiger partial charge >= 0.3 is 0 Å². The number of nitrogens with zero attached hydrogens (tertiary/aromatic N) is 3. The van der Waals surface area contributed by atoms with Gasteiger partial charge in [-0.05, 0) is 117 Å². The summed E-state index contributed by atoms with van der Waals surface area (Å²) in [6, 6.07) is 67.8. The van der Waals surface area contributed by atoms with Crippen LogP contribution in [-0.4, -0.2) is 4.98 Å². The standard InChI is InChI=1S/C56H45N3O/c1-37-12-20-42(21-13-37)55(43-22-14-38(2)15-23-43)44-24-30-51-53(35-44)60-54-36-49(58(46-25-16-39(3)17-26-46)47-27-18-40(4)19-28-47)29-31-52(54)59(51)48-10-7-9-45(34-48)56-50-11-6-5-8-41(50)32-33-57-56/h5-36,55H,1-4H3. The molecule has 0 N–H and O–H groups in total. The molecule has 290 valence electrons. The lowest BCUT2D eigenvalue weighted by Gasteiger charge is -2.35. The van der Waals surface area contributed by atoms with Gasteiger partial charge in [-0.25, -0.2) is 0 Å². The summed E-state index contributed by atoms with van der Waals surface area (Å²) in [6.45, 7) is 8.53. The molecule has 4 nitrogen and oxygen atoms in total. The van der Waals surface area contributed by atoms with Crippen LogP contribution in [0.25, 0.3) is 22.0 Å². The lowest BCUT2D eigenvalue weighted by Crippen LogP contribution is -2.17. The van der Waals surface area contributed by atoms with Crippen molar-refractivity contribution in [3.63, 3.8) is 0 Å². The van der Waals surface area contributed by atoms with E-state index in [0.717, 1.165) is 67.8 Å². The molecule has 10 rings (SSSR count). The van der Waals surface area contributed by atoms with Crippen molar-refractivity contribution in [2.45, 2.75) is 33.6 Å². The molecule has 0 saturated carbocycles. The second kappa shape index (κ2) is 15.4. The average Bonchev–Trinajstić information content (AvgIpc) is 3.28. The largest absolute Gasteiger partial charge is 0.453 e. The summed E-state index contributed by atoms with van der Waals surface area (Å²) in [4.78, 5) is 9.54. The first-order valence-corrected chi connectivity index (χ1v) is 20.6. The van der Waals surface area contributed by atoms with E-state index in [1.165, 1.54) is 38.8 Å². The highest BCUT2D eigenvalue weighted by atomic mass is 16.5. The van der Waals surface area contributed by atoms with Gasteiger partial charge in [-0.1, -0.05) is 138 Å². The van der Waals surface area contributed by atoms with Crippen molar-refractivity contribution in [1.82, 2.24) is 4.98 Å². The van der Waals surface area contributed by atoms with Crippen LogP contribution in [0.2, 0.25) is 0 Å². The molecule has 9 aromatic rings. The van der Waals surface area contributed by atoms with Gasteiger partial charge in [0, 0.05) is 51.9 Å². The van der Waals surface area contributed by atoms with Gasteiger partial charge in [-0.3, -0.25) is 4.98 Å².